The first-order valence-corrected chi connectivity index (χ1v) is 9.48. The summed E-state index contributed by atoms with van der Waals surface area (Å²) in [6.45, 7) is 0. The Kier molecular flexibility index (Phi) is 5.93. The van der Waals surface area contributed by atoms with Gasteiger partial charge in [0.15, 0.2) is 0 Å². The number of thioether (sulfide) groups is 1. The molecule has 0 saturated heterocycles. The summed E-state index contributed by atoms with van der Waals surface area (Å²) >= 11 is 1.55. The standard InChI is InChI=1S/C18H23N3O2S/c19-14-6-8-15(9-7-14)20-17(22)12-24-11-16-10-23-18(21-16)13-4-2-1-3-5-13/h1-5,10,14-15H,6-9,11-12,19H2,(H,20,22). The van der Waals surface area contributed by atoms with E-state index in [0.717, 1.165) is 36.9 Å². The molecule has 3 N–H and O–H groups in total. The molecule has 1 heterocycles. The minimum atomic E-state index is 0.0900. The molecule has 0 unspecified atom stereocenters. The molecule has 128 valence electrons. The minimum Gasteiger partial charge on any atom is -0.444 e. The molecule has 1 aliphatic rings. The zero-order valence-electron chi connectivity index (χ0n) is 13.6. The molecule has 0 radical (unpaired) electrons. The first kappa shape index (κ1) is 17.0. The van der Waals surface area contributed by atoms with Gasteiger partial charge in [0.1, 0.15) is 6.26 Å². The van der Waals surface area contributed by atoms with E-state index in [0.29, 0.717) is 23.4 Å². The molecule has 0 atom stereocenters. The molecule has 0 spiro atoms. The van der Waals surface area contributed by atoms with Crippen LogP contribution >= 0.6 is 11.8 Å². The molecule has 0 bridgehead atoms. The number of hydrogen-bond acceptors (Lipinski definition) is 5. The fourth-order valence-corrected chi connectivity index (χ4v) is 3.58. The molecular weight excluding hydrogens is 322 g/mol. The van der Waals surface area contributed by atoms with Gasteiger partial charge in [-0.3, -0.25) is 4.79 Å². The van der Waals surface area contributed by atoms with E-state index in [2.05, 4.69) is 10.3 Å². The largest absolute Gasteiger partial charge is 0.444 e. The number of benzene rings is 1. The SMILES string of the molecule is NC1CCC(NC(=O)CSCc2coc(-c3ccccc3)n2)CC1. The van der Waals surface area contributed by atoms with Crippen molar-refractivity contribution in [3.63, 3.8) is 0 Å². The van der Waals surface area contributed by atoms with Gasteiger partial charge in [-0.15, -0.1) is 11.8 Å². The Hall–Kier alpha value is -1.79. The average molecular weight is 345 g/mol. The van der Waals surface area contributed by atoms with Crippen LogP contribution in [0.3, 0.4) is 0 Å². The van der Waals surface area contributed by atoms with Crippen molar-refractivity contribution in [3.8, 4) is 11.5 Å². The van der Waals surface area contributed by atoms with E-state index >= 15 is 0 Å². The van der Waals surface area contributed by atoms with Gasteiger partial charge in [-0.25, -0.2) is 4.98 Å². The quantitative estimate of drug-likeness (QED) is 0.841. The lowest BCUT2D eigenvalue weighted by molar-refractivity contribution is -0.119. The summed E-state index contributed by atoms with van der Waals surface area (Å²) in [4.78, 5) is 16.5. The number of aromatic nitrogens is 1. The number of nitrogens with zero attached hydrogens (tertiary/aromatic N) is 1. The molecule has 24 heavy (non-hydrogen) atoms. The number of oxazole rings is 1. The van der Waals surface area contributed by atoms with Gasteiger partial charge in [-0.05, 0) is 37.8 Å². The van der Waals surface area contributed by atoms with Gasteiger partial charge in [0.25, 0.3) is 0 Å². The Morgan fingerprint density at radius 3 is 2.75 bits per heavy atom. The number of amides is 1. The van der Waals surface area contributed by atoms with Crippen LogP contribution in [0.15, 0.2) is 41.0 Å². The summed E-state index contributed by atoms with van der Waals surface area (Å²) in [5.41, 5.74) is 7.70. The molecular formula is C18H23N3O2S. The van der Waals surface area contributed by atoms with Crippen LogP contribution in [0.25, 0.3) is 11.5 Å². The molecule has 2 aromatic rings. The van der Waals surface area contributed by atoms with Gasteiger partial charge in [0, 0.05) is 23.4 Å². The van der Waals surface area contributed by atoms with E-state index in [1.807, 2.05) is 30.3 Å². The minimum absolute atomic E-state index is 0.0900. The number of hydrogen-bond donors (Lipinski definition) is 2. The predicted octanol–water partition coefficient (Wildman–Crippen LogP) is 2.96. The molecule has 1 amide bonds. The van der Waals surface area contributed by atoms with E-state index in [1.165, 1.54) is 0 Å². The van der Waals surface area contributed by atoms with Crippen LogP contribution in [0.4, 0.5) is 0 Å². The second-order valence-corrected chi connectivity index (χ2v) is 7.17. The normalized spacial score (nSPS) is 20.7. The molecule has 1 aliphatic carbocycles. The summed E-state index contributed by atoms with van der Waals surface area (Å²) in [6.07, 6.45) is 5.64. The first-order valence-electron chi connectivity index (χ1n) is 8.33. The van der Waals surface area contributed by atoms with Crippen molar-refractivity contribution in [2.45, 2.75) is 43.5 Å². The lowest BCUT2D eigenvalue weighted by Crippen LogP contribution is -2.41. The average Bonchev–Trinajstić information content (AvgIpc) is 3.07. The maximum atomic E-state index is 12.0. The van der Waals surface area contributed by atoms with E-state index < -0.39 is 0 Å². The topological polar surface area (TPSA) is 81.1 Å². The van der Waals surface area contributed by atoms with Crippen LogP contribution < -0.4 is 11.1 Å². The molecule has 5 nitrogen and oxygen atoms in total. The van der Waals surface area contributed by atoms with Crippen LogP contribution in [0, 0.1) is 0 Å². The van der Waals surface area contributed by atoms with Gasteiger partial charge >= 0.3 is 0 Å². The molecule has 3 rings (SSSR count). The zero-order valence-corrected chi connectivity index (χ0v) is 14.4. The third-order valence-electron chi connectivity index (χ3n) is 4.19. The number of nitrogens with one attached hydrogen (secondary N) is 1. The summed E-state index contributed by atoms with van der Waals surface area (Å²) in [6, 6.07) is 10.4. The maximum absolute atomic E-state index is 12.0. The fraction of sp³-hybridized carbons (Fsp3) is 0.444. The van der Waals surface area contributed by atoms with Crippen LogP contribution in [0.1, 0.15) is 31.4 Å². The van der Waals surface area contributed by atoms with Gasteiger partial charge in [0.05, 0.1) is 11.4 Å². The van der Waals surface area contributed by atoms with Crippen LogP contribution in [-0.2, 0) is 10.5 Å². The number of rotatable bonds is 6. The monoisotopic (exact) mass is 345 g/mol. The Balaban J connectivity index is 1.40. The zero-order chi connectivity index (χ0) is 16.8. The molecule has 0 aliphatic heterocycles. The van der Waals surface area contributed by atoms with E-state index in [9.17, 15) is 4.79 Å². The van der Waals surface area contributed by atoms with Crippen LogP contribution in [0.5, 0.6) is 0 Å². The smallest absolute Gasteiger partial charge is 0.230 e. The van der Waals surface area contributed by atoms with Crippen molar-refractivity contribution in [3.05, 3.63) is 42.3 Å². The van der Waals surface area contributed by atoms with Crippen molar-refractivity contribution in [2.75, 3.05) is 5.75 Å². The van der Waals surface area contributed by atoms with E-state index in [-0.39, 0.29) is 11.9 Å². The summed E-state index contributed by atoms with van der Waals surface area (Å²) in [7, 11) is 0. The summed E-state index contributed by atoms with van der Waals surface area (Å²) in [5, 5.41) is 3.10. The second kappa shape index (κ2) is 8.35. The highest BCUT2D eigenvalue weighted by atomic mass is 32.2. The van der Waals surface area contributed by atoms with Crippen molar-refractivity contribution >= 4 is 17.7 Å². The van der Waals surface area contributed by atoms with Crippen molar-refractivity contribution < 1.29 is 9.21 Å². The highest BCUT2D eigenvalue weighted by Gasteiger charge is 2.19. The third kappa shape index (κ3) is 4.85. The Morgan fingerprint density at radius 2 is 2.00 bits per heavy atom. The Labute approximate surface area is 146 Å². The highest BCUT2D eigenvalue weighted by Crippen LogP contribution is 2.21. The first-order chi connectivity index (χ1) is 11.7. The molecule has 6 heteroatoms. The lowest BCUT2D eigenvalue weighted by Gasteiger charge is -2.26. The number of nitrogens with two attached hydrogens (primary N) is 1. The lowest BCUT2D eigenvalue weighted by atomic mass is 9.92. The maximum Gasteiger partial charge on any atom is 0.230 e. The van der Waals surface area contributed by atoms with Crippen molar-refractivity contribution in [1.82, 2.24) is 10.3 Å². The summed E-state index contributed by atoms with van der Waals surface area (Å²) < 4.78 is 5.50. The molecule has 1 saturated carbocycles. The van der Waals surface area contributed by atoms with Gasteiger partial charge in [-0.2, -0.15) is 0 Å². The molecule has 1 fully saturated rings. The van der Waals surface area contributed by atoms with Gasteiger partial charge in [0.2, 0.25) is 11.8 Å². The van der Waals surface area contributed by atoms with Gasteiger partial charge in [-0.1, -0.05) is 18.2 Å². The van der Waals surface area contributed by atoms with Crippen molar-refractivity contribution in [1.29, 1.82) is 0 Å². The molecule has 1 aromatic heterocycles. The predicted molar refractivity (Wildman–Crippen MR) is 96.5 cm³/mol. The van der Waals surface area contributed by atoms with E-state index in [4.69, 9.17) is 10.2 Å². The second-order valence-electron chi connectivity index (χ2n) is 6.18. The van der Waals surface area contributed by atoms with Crippen LogP contribution in [-0.4, -0.2) is 28.7 Å². The summed E-state index contributed by atoms with van der Waals surface area (Å²) in [5.74, 6) is 1.82. The third-order valence-corrected chi connectivity index (χ3v) is 5.16. The van der Waals surface area contributed by atoms with E-state index in [1.54, 1.807) is 18.0 Å². The number of carbonyl (C=O) groups excluding carboxylic acids is 1. The Morgan fingerprint density at radius 1 is 1.25 bits per heavy atom. The fourth-order valence-electron chi connectivity index (χ4n) is 2.87. The van der Waals surface area contributed by atoms with Crippen LogP contribution in [0.2, 0.25) is 0 Å². The Bertz CT molecular complexity index is 651. The molecule has 1 aromatic carbocycles. The highest BCUT2D eigenvalue weighted by molar-refractivity contribution is 7.99. The van der Waals surface area contributed by atoms with Crippen molar-refractivity contribution in [2.24, 2.45) is 5.73 Å². The van der Waals surface area contributed by atoms with Gasteiger partial charge < -0.3 is 15.5 Å². The number of carbonyl (C=O) groups is 1.